The Morgan fingerprint density at radius 3 is 2.75 bits per heavy atom. The number of carbonyl (C=O) groups is 1. The Morgan fingerprint density at radius 1 is 1.31 bits per heavy atom. The first-order chi connectivity index (χ1) is 7.58. The van der Waals surface area contributed by atoms with Crippen LogP contribution < -0.4 is 10.6 Å². The Balaban J connectivity index is 2.24. The molecule has 1 heterocycles. The Hall–Kier alpha value is -1.71. The van der Waals surface area contributed by atoms with Gasteiger partial charge in [-0.3, -0.25) is 4.79 Å². The molecule has 0 radical (unpaired) electrons. The van der Waals surface area contributed by atoms with Crippen molar-refractivity contribution < 1.29 is 4.79 Å². The lowest BCUT2D eigenvalue weighted by Crippen LogP contribution is -2.48. The van der Waals surface area contributed by atoms with E-state index in [9.17, 15) is 4.79 Å². The molecule has 0 unspecified atom stereocenters. The summed E-state index contributed by atoms with van der Waals surface area (Å²) in [5.74, 6) is 0.146. The highest BCUT2D eigenvalue weighted by Gasteiger charge is 2.22. The van der Waals surface area contributed by atoms with Gasteiger partial charge in [0.1, 0.15) is 0 Å². The van der Waals surface area contributed by atoms with Crippen molar-refractivity contribution in [2.75, 3.05) is 37.3 Å². The SMILES string of the molecule is Cc1ccc(N)c(N2CCN(C)C(=O)C2)c1. The highest BCUT2D eigenvalue weighted by molar-refractivity contribution is 5.84. The van der Waals surface area contributed by atoms with Crippen LogP contribution in [-0.4, -0.2) is 37.5 Å². The predicted octanol–water partition coefficient (Wildman–Crippen LogP) is 0.856. The highest BCUT2D eigenvalue weighted by Crippen LogP contribution is 2.25. The topological polar surface area (TPSA) is 49.6 Å². The molecule has 86 valence electrons. The molecule has 2 N–H and O–H groups in total. The van der Waals surface area contributed by atoms with Crippen molar-refractivity contribution in [1.82, 2.24) is 4.90 Å². The first-order valence-electron chi connectivity index (χ1n) is 5.43. The molecule has 0 aromatic heterocycles. The number of carbonyl (C=O) groups excluding carboxylic acids is 1. The second-order valence-corrected chi connectivity index (χ2v) is 4.30. The largest absolute Gasteiger partial charge is 0.397 e. The van der Waals surface area contributed by atoms with Crippen LogP contribution in [0.15, 0.2) is 18.2 Å². The van der Waals surface area contributed by atoms with Gasteiger partial charge in [-0.1, -0.05) is 6.07 Å². The van der Waals surface area contributed by atoms with Crippen LogP contribution >= 0.6 is 0 Å². The lowest BCUT2D eigenvalue weighted by molar-refractivity contribution is -0.129. The van der Waals surface area contributed by atoms with E-state index < -0.39 is 0 Å². The summed E-state index contributed by atoms with van der Waals surface area (Å²) >= 11 is 0. The molecule has 1 amide bonds. The van der Waals surface area contributed by atoms with Crippen molar-refractivity contribution in [3.8, 4) is 0 Å². The number of amides is 1. The maximum Gasteiger partial charge on any atom is 0.241 e. The molecular weight excluding hydrogens is 202 g/mol. The lowest BCUT2D eigenvalue weighted by atomic mass is 10.1. The monoisotopic (exact) mass is 219 g/mol. The summed E-state index contributed by atoms with van der Waals surface area (Å²) in [5.41, 5.74) is 8.81. The van der Waals surface area contributed by atoms with Gasteiger partial charge in [0.05, 0.1) is 17.9 Å². The second-order valence-electron chi connectivity index (χ2n) is 4.30. The van der Waals surface area contributed by atoms with Gasteiger partial charge in [0.2, 0.25) is 5.91 Å². The van der Waals surface area contributed by atoms with E-state index >= 15 is 0 Å². The minimum absolute atomic E-state index is 0.146. The molecule has 0 aliphatic carbocycles. The molecule has 0 bridgehead atoms. The number of hydrogen-bond acceptors (Lipinski definition) is 3. The molecule has 0 spiro atoms. The summed E-state index contributed by atoms with van der Waals surface area (Å²) in [6, 6.07) is 5.91. The second kappa shape index (κ2) is 4.04. The number of likely N-dealkylation sites (N-methyl/N-ethyl adjacent to an activating group) is 1. The van der Waals surface area contributed by atoms with E-state index in [1.54, 1.807) is 4.90 Å². The third kappa shape index (κ3) is 1.96. The van der Waals surface area contributed by atoms with Gasteiger partial charge in [0, 0.05) is 20.1 Å². The highest BCUT2D eigenvalue weighted by atomic mass is 16.2. The van der Waals surface area contributed by atoms with Crippen LogP contribution in [0.3, 0.4) is 0 Å². The summed E-state index contributed by atoms with van der Waals surface area (Å²) in [6.45, 7) is 4.05. The quantitative estimate of drug-likeness (QED) is 0.713. The summed E-state index contributed by atoms with van der Waals surface area (Å²) < 4.78 is 0. The maximum absolute atomic E-state index is 11.6. The van der Waals surface area contributed by atoms with Crippen molar-refractivity contribution >= 4 is 17.3 Å². The Bertz CT molecular complexity index is 417. The van der Waals surface area contributed by atoms with Crippen LogP contribution in [-0.2, 0) is 4.79 Å². The number of piperazine rings is 1. The maximum atomic E-state index is 11.6. The molecule has 0 saturated carbocycles. The molecule has 1 aromatic carbocycles. The van der Waals surface area contributed by atoms with E-state index in [1.807, 2.05) is 37.1 Å². The van der Waals surface area contributed by atoms with E-state index in [4.69, 9.17) is 5.73 Å². The van der Waals surface area contributed by atoms with Crippen LogP contribution in [0, 0.1) is 6.92 Å². The third-order valence-electron chi connectivity index (χ3n) is 2.98. The van der Waals surface area contributed by atoms with Crippen LogP contribution in [0.2, 0.25) is 0 Å². The van der Waals surface area contributed by atoms with Crippen LogP contribution in [0.4, 0.5) is 11.4 Å². The number of hydrogen-bond donors (Lipinski definition) is 1. The molecular formula is C12H17N3O. The Labute approximate surface area is 95.6 Å². The van der Waals surface area contributed by atoms with E-state index in [2.05, 4.69) is 0 Å². The standard InChI is InChI=1S/C12H17N3O/c1-9-3-4-10(13)11(7-9)15-6-5-14(2)12(16)8-15/h3-4,7H,5-6,8,13H2,1-2H3. The van der Waals surface area contributed by atoms with Gasteiger partial charge in [-0.05, 0) is 24.6 Å². The number of rotatable bonds is 1. The fourth-order valence-corrected chi connectivity index (χ4v) is 1.89. The van der Waals surface area contributed by atoms with Gasteiger partial charge in [-0.25, -0.2) is 0 Å². The zero-order valence-electron chi connectivity index (χ0n) is 9.73. The zero-order chi connectivity index (χ0) is 11.7. The molecule has 16 heavy (non-hydrogen) atoms. The van der Waals surface area contributed by atoms with Crippen LogP contribution in [0.25, 0.3) is 0 Å². The van der Waals surface area contributed by atoms with Crippen molar-refractivity contribution in [2.45, 2.75) is 6.92 Å². The van der Waals surface area contributed by atoms with Gasteiger partial charge in [-0.2, -0.15) is 0 Å². The minimum atomic E-state index is 0.146. The predicted molar refractivity (Wildman–Crippen MR) is 65.4 cm³/mol. The summed E-state index contributed by atoms with van der Waals surface area (Å²) in [6.07, 6.45) is 0. The van der Waals surface area contributed by atoms with Gasteiger partial charge in [0.25, 0.3) is 0 Å². The fourth-order valence-electron chi connectivity index (χ4n) is 1.89. The number of aryl methyl sites for hydroxylation is 1. The molecule has 1 aromatic rings. The molecule has 1 aliphatic heterocycles. The van der Waals surface area contributed by atoms with Gasteiger partial charge < -0.3 is 15.5 Å². The normalized spacial score (nSPS) is 16.8. The first-order valence-corrected chi connectivity index (χ1v) is 5.43. The van der Waals surface area contributed by atoms with Crippen molar-refractivity contribution in [3.63, 3.8) is 0 Å². The number of nitrogens with two attached hydrogens (primary N) is 1. The molecule has 4 heteroatoms. The number of anilines is 2. The molecule has 2 rings (SSSR count). The van der Waals surface area contributed by atoms with Crippen molar-refractivity contribution in [1.29, 1.82) is 0 Å². The first kappa shape index (κ1) is 10.8. The molecule has 1 aliphatic rings. The Morgan fingerprint density at radius 2 is 2.06 bits per heavy atom. The number of nitrogen functional groups attached to an aromatic ring is 1. The summed E-state index contributed by atoms with van der Waals surface area (Å²) in [7, 11) is 1.83. The van der Waals surface area contributed by atoms with Gasteiger partial charge in [-0.15, -0.1) is 0 Å². The average Bonchev–Trinajstić information content (AvgIpc) is 2.26. The van der Waals surface area contributed by atoms with Crippen LogP contribution in [0.5, 0.6) is 0 Å². The average molecular weight is 219 g/mol. The molecule has 1 saturated heterocycles. The van der Waals surface area contributed by atoms with Gasteiger partial charge in [0.15, 0.2) is 0 Å². The summed E-state index contributed by atoms with van der Waals surface area (Å²) in [4.78, 5) is 15.4. The van der Waals surface area contributed by atoms with Gasteiger partial charge >= 0.3 is 0 Å². The van der Waals surface area contributed by atoms with Crippen LogP contribution in [0.1, 0.15) is 5.56 Å². The third-order valence-corrected chi connectivity index (χ3v) is 2.98. The molecule has 0 atom stereocenters. The summed E-state index contributed by atoms with van der Waals surface area (Å²) in [5, 5.41) is 0. The Kier molecular flexibility index (Phi) is 2.73. The van der Waals surface area contributed by atoms with Crippen molar-refractivity contribution in [2.24, 2.45) is 0 Å². The van der Waals surface area contributed by atoms with E-state index in [1.165, 1.54) is 0 Å². The smallest absolute Gasteiger partial charge is 0.241 e. The lowest BCUT2D eigenvalue weighted by Gasteiger charge is -2.34. The number of nitrogens with zero attached hydrogens (tertiary/aromatic N) is 2. The minimum Gasteiger partial charge on any atom is -0.397 e. The van der Waals surface area contributed by atoms with E-state index in [-0.39, 0.29) is 5.91 Å². The zero-order valence-corrected chi connectivity index (χ0v) is 9.73. The van der Waals surface area contributed by atoms with Crippen molar-refractivity contribution in [3.05, 3.63) is 23.8 Å². The molecule has 1 fully saturated rings. The fraction of sp³-hybridized carbons (Fsp3) is 0.417. The van der Waals surface area contributed by atoms with E-state index in [0.29, 0.717) is 6.54 Å². The molecule has 4 nitrogen and oxygen atoms in total. The number of benzene rings is 1. The van der Waals surface area contributed by atoms with E-state index in [0.717, 1.165) is 30.0 Å².